The van der Waals surface area contributed by atoms with E-state index >= 15 is 0 Å². The fraction of sp³-hybridized carbons (Fsp3) is 0.915. The number of carboxylic acid groups (broad SMARTS) is 1. The van der Waals surface area contributed by atoms with Crippen molar-refractivity contribution in [3.8, 4) is 0 Å². The van der Waals surface area contributed by atoms with Crippen LogP contribution < -0.4 is 0 Å². The van der Waals surface area contributed by atoms with Crippen molar-refractivity contribution in [2.24, 2.45) is 47.3 Å². The second-order valence-electron chi connectivity index (χ2n) is 20.6. The van der Waals surface area contributed by atoms with Crippen molar-refractivity contribution < 1.29 is 67.9 Å². The summed E-state index contributed by atoms with van der Waals surface area (Å²) in [5.41, 5.74) is -0.326. The molecule has 0 aliphatic carbocycles. The molecule has 6 saturated heterocycles. The summed E-state index contributed by atoms with van der Waals surface area (Å²) < 4.78 is 53.9. The van der Waals surface area contributed by atoms with Gasteiger partial charge in [0.15, 0.2) is 29.4 Å². The van der Waals surface area contributed by atoms with Gasteiger partial charge in [0.1, 0.15) is 0 Å². The molecule has 0 radical (unpaired) electrons. The first-order valence-electron chi connectivity index (χ1n) is 23.2. The van der Waals surface area contributed by atoms with Gasteiger partial charge < -0.3 is 58.3 Å². The molecule has 0 saturated carbocycles. The van der Waals surface area contributed by atoms with Crippen LogP contribution >= 0.6 is 0 Å². The highest BCUT2D eigenvalue weighted by atomic mass is 16.8. The van der Waals surface area contributed by atoms with E-state index in [4.69, 9.17) is 37.9 Å². The van der Waals surface area contributed by atoms with E-state index in [0.29, 0.717) is 44.1 Å². The predicted molar refractivity (Wildman–Crippen MR) is 224 cm³/mol. The van der Waals surface area contributed by atoms with Gasteiger partial charge in [0.2, 0.25) is 0 Å². The van der Waals surface area contributed by atoms with Crippen LogP contribution in [0.15, 0.2) is 11.6 Å². The lowest BCUT2D eigenvalue weighted by Gasteiger charge is -2.54. The van der Waals surface area contributed by atoms with Crippen LogP contribution in [0.25, 0.3) is 0 Å². The van der Waals surface area contributed by atoms with Crippen molar-refractivity contribution >= 4 is 11.8 Å². The molecular formula is C47H78O14. The smallest absolute Gasteiger partial charge is 0.306 e. The zero-order valence-corrected chi connectivity index (χ0v) is 38.8. The van der Waals surface area contributed by atoms with Crippen molar-refractivity contribution in [1.29, 1.82) is 0 Å². The molecular weight excluding hydrogens is 789 g/mol. The van der Waals surface area contributed by atoms with E-state index in [9.17, 15) is 30.0 Å². The number of rotatable bonds is 13. The topological polar surface area (TPSA) is 189 Å². The lowest BCUT2D eigenvalue weighted by Crippen LogP contribution is -2.63. The van der Waals surface area contributed by atoms with Crippen molar-refractivity contribution in [3.63, 3.8) is 0 Å². The summed E-state index contributed by atoms with van der Waals surface area (Å²) in [4.78, 5) is 24.8. The Kier molecular flexibility index (Phi) is 15.0. The van der Waals surface area contributed by atoms with Gasteiger partial charge in [-0.15, -0.1) is 0 Å². The monoisotopic (exact) mass is 867 g/mol. The fourth-order valence-electron chi connectivity index (χ4n) is 11.8. The second-order valence-corrected chi connectivity index (χ2v) is 20.6. The third-order valence-corrected chi connectivity index (χ3v) is 15.9. The number of Topliss-reactive ketones (excluding diaryl/α,β-unsaturated/α-hetero) is 1. The molecule has 0 aromatic rings. The van der Waals surface area contributed by atoms with Crippen LogP contribution in [-0.2, 0) is 47.5 Å². The molecule has 6 heterocycles. The van der Waals surface area contributed by atoms with Crippen LogP contribution in [0, 0.1) is 47.3 Å². The number of allylic oxidation sites excluding steroid dienone is 1. The normalized spacial score (nSPS) is 48.6. The van der Waals surface area contributed by atoms with Gasteiger partial charge in [-0.2, -0.15) is 0 Å². The van der Waals surface area contributed by atoms with Crippen LogP contribution in [-0.4, -0.2) is 124 Å². The Labute approximate surface area is 363 Å². The van der Waals surface area contributed by atoms with Crippen molar-refractivity contribution in [2.45, 2.75) is 212 Å². The van der Waals surface area contributed by atoms with Crippen LogP contribution in [0.5, 0.6) is 0 Å². The van der Waals surface area contributed by atoms with E-state index in [0.717, 1.165) is 6.42 Å². The first kappa shape index (κ1) is 48.9. The van der Waals surface area contributed by atoms with E-state index in [-0.39, 0.29) is 72.4 Å². The summed E-state index contributed by atoms with van der Waals surface area (Å²) in [7, 11) is 1.70. The number of aliphatic hydroxyl groups is 3. The molecule has 0 amide bonds. The molecule has 350 valence electrons. The van der Waals surface area contributed by atoms with Crippen LogP contribution in [0.2, 0.25) is 0 Å². The van der Waals surface area contributed by atoms with Crippen LogP contribution in [0.4, 0.5) is 0 Å². The number of ether oxygens (including phenoxy) is 8. The van der Waals surface area contributed by atoms with E-state index < -0.39 is 84.2 Å². The number of methoxy groups -OCH3 is 1. The van der Waals surface area contributed by atoms with Gasteiger partial charge in [-0.05, 0) is 64.4 Å². The SMILES string of the molecule is CO[C@H]1CCC(O[C@H]2C[C@H]([C@]3(C)CC[C@]4(C[C@H](O)[C@H](C)[C@@H]([C@@H](C)/C=C(\C)C(=O)[C@H](C)C[C@H](C)C(=O)O)O4)O3)O[C@]3(O[C@@H]([C@H]4O[C@@](O)(CO)[C@H](C)C[C@H]4C)C[C@@H]3C)[C@@H]2C)O[C@@H]1C. The van der Waals surface area contributed by atoms with Crippen LogP contribution in [0.1, 0.15) is 134 Å². The predicted octanol–water partition coefficient (Wildman–Crippen LogP) is 6.15. The lowest BCUT2D eigenvalue weighted by atomic mass is 9.76. The maximum absolute atomic E-state index is 13.4. The Bertz CT molecular complexity index is 1570. The molecule has 6 fully saturated rings. The maximum atomic E-state index is 13.4. The van der Waals surface area contributed by atoms with E-state index in [1.165, 1.54) is 0 Å². The zero-order chi connectivity index (χ0) is 45.0. The highest BCUT2D eigenvalue weighted by Gasteiger charge is 2.65. The third kappa shape index (κ3) is 9.71. The number of ketones is 1. The molecule has 21 atom stereocenters. The number of carboxylic acids is 1. The first-order valence-corrected chi connectivity index (χ1v) is 23.2. The minimum atomic E-state index is -1.66. The van der Waals surface area contributed by atoms with Gasteiger partial charge in [0.25, 0.3) is 0 Å². The van der Waals surface area contributed by atoms with Crippen molar-refractivity contribution in [1.82, 2.24) is 0 Å². The first-order chi connectivity index (χ1) is 28.5. The number of aliphatic hydroxyl groups excluding tert-OH is 2. The Balaban J connectivity index is 1.24. The molecule has 2 spiro atoms. The minimum Gasteiger partial charge on any atom is -0.481 e. The molecule has 1 unspecified atom stereocenters. The quantitative estimate of drug-likeness (QED) is 0.154. The Hall–Kier alpha value is -1.56. The number of aliphatic carboxylic acids is 1. The van der Waals surface area contributed by atoms with Gasteiger partial charge in [-0.1, -0.05) is 61.5 Å². The number of hydrogen-bond acceptors (Lipinski definition) is 13. The van der Waals surface area contributed by atoms with Gasteiger partial charge >= 0.3 is 5.97 Å². The molecule has 61 heavy (non-hydrogen) atoms. The Morgan fingerprint density at radius 2 is 1.61 bits per heavy atom. The van der Waals surface area contributed by atoms with E-state index in [1.807, 2.05) is 33.8 Å². The summed E-state index contributed by atoms with van der Waals surface area (Å²) in [6, 6.07) is 0. The van der Waals surface area contributed by atoms with Crippen LogP contribution in [0.3, 0.4) is 0 Å². The molecule has 6 aliphatic rings. The molecule has 14 nitrogen and oxygen atoms in total. The molecule has 0 aromatic heterocycles. The molecule has 6 rings (SSSR count). The standard InChI is InChI=1S/C47H78O14/c1-24(40(50)25(2)18-28(5)43(51)52)17-26(3)41-31(8)34(49)22-45(59-41)16-15-44(11,61-45)38-21-36(56-39-14-13-35(54-12)33(10)55-39)32(9)47(58-38)30(7)20-37(57-47)42-27(4)19-29(6)46(53,23-48)60-42/h17,25-39,41-42,48-49,53H,13-16,18-23H2,1-12H3,(H,51,52)/b24-17+/t25-,26+,27-,28+,29-,30+,31+,32-,33-,34+,35+,36+,37-,38-,39?,41-,42+,44+,45-,46+,47+/m1/s1. The number of hydrogen-bond donors (Lipinski definition) is 4. The Morgan fingerprint density at radius 1 is 0.902 bits per heavy atom. The highest BCUT2D eigenvalue weighted by Crippen LogP contribution is 2.56. The summed E-state index contributed by atoms with van der Waals surface area (Å²) >= 11 is 0. The average molecular weight is 867 g/mol. The largest absolute Gasteiger partial charge is 0.481 e. The summed E-state index contributed by atoms with van der Waals surface area (Å²) in [5.74, 6) is -7.01. The summed E-state index contributed by atoms with van der Waals surface area (Å²) in [6.45, 7) is 20.9. The lowest BCUT2D eigenvalue weighted by molar-refractivity contribution is -0.390. The summed E-state index contributed by atoms with van der Waals surface area (Å²) in [6.07, 6.45) is 3.25. The molecule has 6 aliphatic heterocycles. The maximum Gasteiger partial charge on any atom is 0.306 e. The fourth-order valence-corrected chi connectivity index (χ4v) is 11.8. The van der Waals surface area contributed by atoms with Crippen molar-refractivity contribution in [3.05, 3.63) is 11.6 Å². The second kappa shape index (κ2) is 18.7. The number of carbonyl (C=O) groups excluding carboxylic acids is 1. The van der Waals surface area contributed by atoms with Gasteiger partial charge in [-0.3, -0.25) is 9.59 Å². The van der Waals surface area contributed by atoms with Gasteiger partial charge in [0, 0.05) is 68.3 Å². The van der Waals surface area contributed by atoms with Crippen molar-refractivity contribution in [2.75, 3.05) is 13.7 Å². The molecule has 14 heteroatoms. The van der Waals surface area contributed by atoms with Gasteiger partial charge in [-0.25, -0.2) is 0 Å². The summed E-state index contributed by atoms with van der Waals surface area (Å²) in [5, 5.41) is 42.5. The highest BCUT2D eigenvalue weighted by molar-refractivity contribution is 5.96. The third-order valence-electron chi connectivity index (χ3n) is 15.9. The minimum absolute atomic E-state index is 0.0130. The van der Waals surface area contributed by atoms with E-state index in [1.54, 1.807) is 27.9 Å². The molecule has 0 bridgehead atoms. The van der Waals surface area contributed by atoms with E-state index in [2.05, 4.69) is 27.7 Å². The Morgan fingerprint density at radius 3 is 2.25 bits per heavy atom. The zero-order valence-electron chi connectivity index (χ0n) is 38.8. The molecule has 0 aromatic carbocycles. The number of carbonyl (C=O) groups is 2. The molecule has 4 N–H and O–H groups in total. The average Bonchev–Trinajstić information content (AvgIpc) is 3.71. The van der Waals surface area contributed by atoms with Gasteiger partial charge in [0.05, 0.1) is 67.0 Å².